The Morgan fingerprint density at radius 1 is 1.25 bits per heavy atom. The Hall–Kier alpha value is -3.68. The molecule has 0 radical (unpaired) electrons. The summed E-state index contributed by atoms with van der Waals surface area (Å²) < 4.78 is 13.4. The zero-order chi connectivity index (χ0) is 19.4. The molecule has 140 valence electrons. The second-order valence-corrected chi connectivity index (χ2v) is 6.76. The molecule has 28 heavy (non-hydrogen) atoms. The van der Waals surface area contributed by atoms with E-state index in [0.717, 1.165) is 22.5 Å². The number of primary amides is 1. The maximum atomic E-state index is 12.1. The molecule has 1 aromatic carbocycles. The Kier molecular flexibility index (Phi) is 3.48. The number of benzene rings is 1. The third-order valence-electron chi connectivity index (χ3n) is 5.06. The van der Waals surface area contributed by atoms with Crippen LogP contribution in [0.25, 0.3) is 22.2 Å². The Bertz CT molecular complexity index is 1210. The highest BCUT2D eigenvalue weighted by atomic mass is 16.5. The van der Waals surface area contributed by atoms with Crippen LogP contribution in [-0.4, -0.2) is 32.2 Å². The molecule has 0 saturated carbocycles. The van der Waals surface area contributed by atoms with Gasteiger partial charge in [-0.3, -0.25) is 9.78 Å². The first kappa shape index (κ1) is 16.5. The van der Waals surface area contributed by atoms with Gasteiger partial charge >= 0.3 is 0 Å². The second-order valence-electron chi connectivity index (χ2n) is 6.76. The number of carbonyl (C=O) groups is 1. The lowest BCUT2D eigenvalue weighted by Crippen LogP contribution is -2.29. The van der Waals surface area contributed by atoms with E-state index in [-0.39, 0.29) is 11.9 Å². The van der Waals surface area contributed by atoms with E-state index in [1.165, 1.54) is 0 Å². The first-order chi connectivity index (χ1) is 13.6. The molecule has 0 aliphatic carbocycles. The van der Waals surface area contributed by atoms with Crippen molar-refractivity contribution in [2.24, 2.45) is 5.73 Å². The summed E-state index contributed by atoms with van der Waals surface area (Å²) in [5.41, 5.74) is 10.3. The fourth-order valence-electron chi connectivity index (χ4n) is 3.87. The van der Waals surface area contributed by atoms with E-state index < -0.39 is 5.91 Å². The average molecular weight is 375 g/mol. The molecule has 0 saturated heterocycles. The van der Waals surface area contributed by atoms with Crippen molar-refractivity contribution in [3.8, 4) is 16.9 Å². The first-order valence-corrected chi connectivity index (χ1v) is 8.88. The molecule has 4 aromatic rings. The summed E-state index contributed by atoms with van der Waals surface area (Å²) in [5, 5.41) is 4.05. The number of amides is 1. The number of carbonyl (C=O) groups excluding carboxylic acids is 1. The van der Waals surface area contributed by atoms with Crippen LogP contribution in [0, 0.1) is 13.8 Å². The topological polar surface area (TPSA) is 109 Å². The molecule has 2 N–H and O–H groups in total. The third kappa shape index (κ3) is 2.24. The van der Waals surface area contributed by atoms with Crippen LogP contribution < -0.4 is 10.5 Å². The van der Waals surface area contributed by atoms with E-state index in [9.17, 15) is 4.79 Å². The van der Waals surface area contributed by atoms with Gasteiger partial charge in [0.15, 0.2) is 5.75 Å². The number of aromatic nitrogens is 4. The summed E-state index contributed by atoms with van der Waals surface area (Å²) in [7, 11) is 0. The van der Waals surface area contributed by atoms with Gasteiger partial charge in [-0.15, -0.1) is 0 Å². The van der Waals surface area contributed by atoms with Crippen molar-refractivity contribution in [1.82, 2.24) is 19.7 Å². The number of hydrogen-bond donors (Lipinski definition) is 1. The largest absolute Gasteiger partial charge is 0.488 e. The Morgan fingerprint density at radius 3 is 2.79 bits per heavy atom. The van der Waals surface area contributed by atoms with Crippen LogP contribution in [0.5, 0.6) is 5.75 Å². The summed E-state index contributed by atoms with van der Waals surface area (Å²) in [6.45, 7) is 4.04. The number of hydrogen-bond acceptors (Lipinski definition) is 6. The monoisotopic (exact) mass is 375 g/mol. The number of aryl methyl sites for hydroxylation is 2. The van der Waals surface area contributed by atoms with Crippen LogP contribution in [0.3, 0.4) is 0 Å². The molecular formula is C20H17N5O3. The van der Waals surface area contributed by atoms with Crippen molar-refractivity contribution in [2.75, 3.05) is 6.61 Å². The number of nitrogens with two attached hydrogens (primary N) is 1. The van der Waals surface area contributed by atoms with E-state index in [0.29, 0.717) is 29.2 Å². The fraction of sp³-hybridized carbons (Fsp3) is 0.200. The van der Waals surface area contributed by atoms with E-state index in [4.69, 9.17) is 15.0 Å². The number of nitrogens with zero attached hydrogens (tertiary/aromatic N) is 4. The van der Waals surface area contributed by atoms with E-state index >= 15 is 0 Å². The highest BCUT2D eigenvalue weighted by Gasteiger charge is 2.33. The van der Waals surface area contributed by atoms with Gasteiger partial charge in [-0.1, -0.05) is 11.2 Å². The molecule has 1 amide bonds. The summed E-state index contributed by atoms with van der Waals surface area (Å²) >= 11 is 0. The predicted molar refractivity (Wildman–Crippen MR) is 101 cm³/mol. The summed E-state index contributed by atoms with van der Waals surface area (Å²) in [6.07, 6.45) is 1.71. The molecule has 0 spiro atoms. The highest BCUT2D eigenvalue weighted by Crippen LogP contribution is 2.44. The number of ether oxygens (including phenoxy) is 1. The molecule has 8 heteroatoms. The van der Waals surface area contributed by atoms with E-state index in [1.807, 2.05) is 48.7 Å². The van der Waals surface area contributed by atoms with Gasteiger partial charge in [0, 0.05) is 11.8 Å². The van der Waals surface area contributed by atoms with Gasteiger partial charge < -0.3 is 19.6 Å². The van der Waals surface area contributed by atoms with Crippen molar-refractivity contribution in [1.29, 1.82) is 0 Å². The van der Waals surface area contributed by atoms with Crippen LogP contribution in [0.1, 0.15) is 33.8 Å². The van der Waals surface area contributed by atoms with Gasteiger partial charge in [0.1, 0.15) is 23.9 Å². The van der Waals surface area contributed by atoms with Gasteiger partial charge in [-0.2, -0.15) is 0 Å². The normalized spacial score (nSPS) is 15.6. The average Bonchev–Trinajstić information content (AvgIpc) is 3.25. The highest BCUT2D eigenvalue weighted by molar-refractivity contribution is 5.98. The molecule has 3 aromatic heterocycles. The Labute approximate surface area is 159 Å². The zero-order valence-electron chi connectivity index (χ0n) is 15.3. The Balaban J connectivity index is 1.83. The summed E-state index contributed by atoms with van der Waals surface area (Å²) in [5.74, 6) is 0.929. The third-order valence-corrected chi connectivity index (χ3v) is 5.06. The van der Waals surface area contributed by atoms with Gasteiger partial charge in [0.05, 0.1) is 22.5 Å². The lowest BCUT2D eigenvalue weighted by molar-refractivity contribution is 0.0983. The van der Waals surface area contributed by atoms with Gasteiger partial charge in [-0.05, 0) is 38.1 Å². The van der Waals surface area contributed by atoms with Crippen molar-refractivity contribution < 1.29 is 14.1 Å². The minimum atomic E-state index is -0.594. The van der Waals surface area contributed by atoms with Crippen LogP contribution in [0.4, 0.5) is 0 Å². The molecule has 1 unspecified atom stereocenters. The number of rotatable bonds is 3. The van der Waals surface area contributed by atoms with Crippen LogP contribution in [0.2, 0.25) is 0 Å². The minimum Gasteiger partial charge on any atom is -0.488 e. The number of imidazole rings is 1. The molecule has 0 fully saturated rings. The smallest absolute Gasteiger partial charge is 0.284 e. The molecule has 1 atom stereocenters. The molecule has 1 aliphatic rings. The fourth-order valence-corrected chi connectivity index (χ4v) is 3.87. The SMILES string of the molecule is Cc1noc(C)c1-c1ccc2nc(C(N)=O)n3c2c1OCC3c1ccccn1. The van der Waals surface area contributed by atoms with E-state index in [2.05, 4.69) is 15.1 Å². The minimum absolute atomic E-state index is 0.186. The summed E-state index contributed by atoms with van der Waals surface area (Å²) in [4.78, 5) is 21.0. The molecule has 4 heterocycles. The number of pyridine rings is 1. The van der Waals surface area contributed by atoms with Crippen molar-refractivity contribution >= 4 is 16.9 Å². The molecule has 8 nitrogen and oxygen atoms in total. The summed E-state index contributed by atoms with van der Waals surface area (Å²) in [6, 6.07) is 9.10. The molecule has 5 rings (SSSR count). The van der Waals surface area contributed by atoms with Crippen LogP contribution in [0.15, 0.2) is 41.1 Å². The zero-order valence-corrected chi connectivity index (χ0v) is 15.3. The quantitative estimate of drug-likeness (QED) is 0.590. The lowest BCUT2D eigenvalue weighted by Gasteiger charge is -2.27. The standard InChI is InChI=1S/C20H17N5O3/c1-10-16(11(2)28-24-10)12-6-7-14-17-18(12)27-9-15(13-5-3-4-8-22-13)25(17)20(23-14)19(21)26/h3-8,15H,9H2,1-2H3,(H2,21,26). The van der Waals surface area contributed by atoms with Gasteiger partial charge in [0.25, 0.3) is 5.91 Å². The van der Waals surface area contributed by atoms with Crippen LogP contribution in [-0.2, 0) is 0 Å². The van der Waals surface area contributed by atoms with Crippen molar-refractivity contribution in [2.45, 2.75) is 19.9 Å². The first-order valence-electron chi connectivity index (χ1n) is 8.88. The van der Waals surface area contributed by atoms with Crippen molar-refractivity contribution in [3.05, 3.63) is 59.5 Å². The maximum absolute atomic E-state index is 12.1. The molecule has 1 aliphatic heterocycles. The second kappa shape index (κ2) is 5.91. The lowest BCUT2D eigenvalue weighted by atomic mass is 10.0. The van der Waals surface area contributed by atoms with E-state index in [1.54, 1.807) is 6.20 Å². The van der Waals surface area contributed by atoms with Crippen molar-refractivity contribution in [3.63, 3.8) is 0 Å². The predicted octanol–water partition coefficient (Wildman–Crippen LogP) is 2.78. The molecular weight excluding hydrogens is 358 g/mol. The Morgan fingerprint density at radius 2 is 2.11 bits per heavy atom. The molecule has 0 bridgehead atoms. The van der Waals surface area contributed by atoms with Gasteiger partial charge in [-0.25, -0.2) is 4.98 Å². The van der Waals surface area contributed by atoms with Crippen LogP contribution >= 0.6 is 0 Å². The van der Waals surface area contributed by atoms with Gasteiger partial charge in [0.2, 0.25) is 5.82 Å². The maximum Gasteiger partial charge on any atom is 0.284 e.